The Morgan fingerprint density at radius 3 is 2.56 bits per heavy atom. The van der Waals surface area contributed by atoms with Crippen molar-refractivity contribution in [1.29, 1.82) is 0 Å². The number of alkyl halides is 2. The number of anilines is 2. The molecule has 36 heavy (non-hydrogen) atoms. The first-order valence-electron chi connectivity index (χ1n) is 11.0. The molecule has 15 heteroatoms. The fraction of sp³-hybridized carbons (Fsp3) is 0.571. The standard InChI is InChI=1S/C21H27F4N5O6/c1-12(31)35-11-17(32)30-6-5-28(4-3-27-30)18-15(22)7-13(8-16(18)23)29-10-14(36-20(29)33)9-26-21(2,34)19(24)25/h7-8,14,19,26-27,34H,3-6,9-11H2,1-2H3/t14-,21?/m0/s1. The number of hydrazine groups is 1. The molecule has 0 aliphatic carbocycles. The van der Waals surface area contributed by atoms with Crippen molar-refractivity contribution in [2.45, 2.75) is 32.1 Å². The van der Waals surface area contributed by atoms with Crippen LogP contribution in [0.1, 0.15) is 13.8 Å². The van der Waals surface area contributed by atoms with Crippen molar-refractivity contribution in [3.05, 3.63) is 23.8 Å². The van der Waals surface area contributed by atoms with Crippen LogP contribution in [0.2, 0.25) is 0 Å². The van der Waals surface area contributed by atoms with Crippen LogP contribution in [0.25, 0.3) is 0 Å². The Balaban J connectivity index is 1.66. The van der Waals surface area contributed by atoms with Crippen LogP contribution in [0, 0.1) is 11.6 Å². The van der Waals surface area contributed by atoms with E-state index in [0.29, 0.717) is 0 Å². The lowest BCUT2D eigenvalue weighted by Crippen LogP contribution is -2.51. The Kier molecular flexibility index (Phi) is 8.58. The Bertz CT molecular complexity index is 975. The average molecular weight is 521 g/mol. The van der Waals surface area contributed by atoms with Gasteiger partial charge in [-0.15, -0.1) is 0 Å². The molecule has 2 aliphatic heterocycles. The third-order valence-electron chi connectivity index (χ3n) is 5.59. The minimum atomic E-state index is -3.09. The summed E-state index contributed by atoms with van der Waals surface area (Å²) in [6.07, 6.45) is -4.96. The summed E-state index contributed by atoms with van der Waals surface area (Å²) < 4.78 is 65.3. The molecular weight excluding hydrogens is 494 g/mol. The van der Waals surface area contributed by atoms with Gasteiger partial charge in [-0.25, -0.2) is 27.8 Å². The van der Waals surface area contributed by atoms with Crippen LogP contribution in [-0.2, 0) is 19.1 Å². The summed E-state index contributed by atoms with van der Waals surface area (Å²) in [4.78, 5) is 37.6. The van der Waals surface area contributed by atoms with E-state index in [1.807, 2.05) is 0 Å². The molecule has 3 rings (SSSR count). The molecule has 1 aromatic carbocycles. The van der Waals surface area contributed by atoms with Crippen molar-refractivity contribution in [3.8, 4) is 0 Å². The van der Waals surface area contributed by atoms with E-state index in [1.165, 1.54) is 9.91 Å². The number of nitrogens with one attached hydrogen (secondary N) is 2. The smallest absolute Gasteiger partial charge is 0.414 e. The number of aliphatic hydroxyl groups is 1. The fourth-order valence-electron chi connectivity index (χ4n) is 3.66. The zero-order valence-electron chi connectivity index (χ0n) is 19.6. The molecule has 0 saturated carbocycles. The summed E-state index contributed by atoms with van der Waals surface area (Å²) in [5.74, 6) is -3.05. The first-order valence-corrected chi connectivity index (χ1v) is 11.0. The molecule has 2 aliphatic rings. The SMILES string of the molecule is CC(=O)OCC(=O)N1CCN(c2c(F)cc(N3C[C@H](CNC(C)(O)C(F)F)OC3=O)cc2F)CCN1. The van der Waals surface area contributed by atoms with Crippen LogP contribution in [-0.4, -0.2) is 92.2 Å². The number of amides is 2. The van der Waals surface area contributed by atoms with E-state index >= 15 is 8.78 Å². The van der Waals surface area contributed by atoms with Gasteiger partial charge in [0.2, 0.25) is 0 Å². The Labute approximate surface area is 203 Å². The highest BCUT2D eigenvalue weighted by Gasteiger charge is 2.37. The minimum absolute atomic E-state index is 0.0518. The monoisotopic (exact) mass is 521 g/mol. The van der Waals surface area contributed by atoms with E-state index in [4.69, 9.17) is 4.74 Å². The van der Waals surface area contributed by atoms with Gasteiger partial charge in [-0.05, 0) is 6.92 Å². The molecule has 0 spiro atoms. The van der Waals surface area contributed by atoms with Gasteiger partial charge in [0.15, 0.2) is 24.0 Å². The van der Waals surface area contributed by atoms with Crippen LogP contribution in [0.15, 0.2) is 12.1 Å². The van der Waals surface area contributed by atoms with Crippen LogP contribution in [0.5, 0.6) is 0 Å². The highest BCUT2D eigenvalue weighted by atomic mass is 19.3. The van der Waals surface area contributed by atoms with Gasteiger partial charge < -0.3 is 19.5 Å². The second kappa shape index (κ2) is 11.3. The van der Waals surface area contributed by atoms with Gasteiger partial charge in [-0.2, -0.15) is 0 Å². The Hall–Kier alpha value is -3.17. The van der Waals surface area contributed by atoms with Gasteiger partial charge in [0.1, 0.15) is 11.8 Å². The van der Waals surface area contributed by atoms with Crippen molar-refractivity contribution in [2.24, 2.45) is 0 Å². The van der Waals surface area contributed by atoms with Crippen LogP contribution >= 0.6 is 0 Å². The van der Waals surface area contributed by atoms with E-state index in [-0.39, 0.29) is 50.6 Å². The summed E-state index contributed by atoms with van der Waals surface area (Å²) >= 11 is 0. The molecule has 2 fully saturated rings. The lowest BCUT2D eigenvalue weighted by atomic mass is 10.2. The number of hydrogen-bond acceptors (Lipinski definition) is 9. The number of carbonyl (C=O) groups excluding carboxylic acids is 3. The maximum Gasteiger partial charge on any atom is 0.414 e. The van der Waals surface area contributed by atoms with Gasteiger partial charge in [0.05, 0.1) is 18.8 Å². The molecule has 200 valence electrons. The zero-order valence-corrected chi connectivity index (χ0v) is 19.6. The topological polar surface area (TPSA) is 124 Å². The number of cyclic esters (lactones) is 1. The Morgan fingerprint density at radius 1 is 1.28 bits per heavy atom. The maximum absolute atomic E-state index is 15.0. The summed E-state index contributed by atoms with van der Waals surface area (Å²) in [6, 6.07) is 1.90. The van der Waals surface area contributed by atoms with Crippen LogP contribution in [0.4, 0.5) is 33.7 Å². The first kappa shape index (κ1) is 27.4. The summed E-state index contributed by atoms with van der Waals surface area (Å²) in [5, 5.41) is 13.0. The number of rotatable bonds is 8. The number of benzene rings is 1. The highest BCUT2D eigenvalue weighted by molar-refractivity contribution is 5.90. The third-order valence-corrected chi connectivity index (χ3v) is 5.59. The van der Waals surface area contributed by atoms with Crippen molar-refractivity contribution in [3.63, 3.8) is 0 Å². The molecular formula is C21H27F4N5O6. The van der Waals surface area contributed by atoms with Crippen molar-refractivity contribution in [2.75, 3.05) is 55.7 Å². The number of ether oxygens (including phenoxy) is 2. The fourth-order valence-corrected chi connectivity index (χ4v) is 3.66. The van der Waals surface area contributed by atoms with Gasteiger partial charge in [0.25, 0.3) is 12.3 Å². The van der Waals surface area contributed by atoms with Crippen LogP contribution < -0.4 is 20.5 Å². The molecule has 2 amide bonds. The van der Waals surface area contributed by atoms with Gasteiger partial charge in [-0.3, -0.25) is 24.8 Å². The van der Waals surface area contributed by atoms with E-state index in [9.17, 15) is 28.3 Å². The van der Waals surface area contributed by atoms with E-state index in [0.717, 1.165) is 30.9 Å². The summed E-state index contributed by atoms with van der Waals surface area (Å²) in [7, 11) is 0. The molecule has 0 aromatic heterocycles. The highest BCUT2D eigenvalue weighted by Crippen LogP contribution is 2.31. The van der Waals surface area contributed by atoms with Crippen LogP contribution in [0.3, 0.4) is 0 Å². The molecule has 1 unspecified atom stereocenters. The van der Waals surface area contributed by atoms with Crippen molar-refractivity contribution in [1.82, 2.24) is 15.8 Å². The summed E-state index contributed by atoms with van der Waals surface area (Å²) in [5.41, 5.74) is -0.177. The second-order valence-corrected chi connectivity index (χ2v) is 8.42. The van der Waals surface area contributed by atoms with E-state index in [1.54, 1.807) is 0 Å². The summed E-state index contributed by atoms with van der Waals surface area (Å²) in [6.45, 7) is 1.50. The molecule has 11 nitrogen and oxygen atoms in total. The number of nitrogens with zero attached hydrogens (tertiary/aromatic N) is 3. The zero-order chi connectivity index (χ0) is 26.6. The predicted octanol–water partition coefficient (Wildman–Crippen LogP) is 0.569. The largest absolute Gasteiger partial charge is 0.456 e. The molecule has 1 aromatic rings. The number of halogens is 4. The molecule has 2 saturated heterocycles. The third kappa shape index (κ3) is 6.53. The average Bonchev–Trinajstić information content (AvgIpc) is 3.00. The van der Waals surface area contributed by atoms with Crippen molar-refractivity contribution < 1.29 is 46.5 Å². The Morgan fingerprint density at radius 2 is 1.94 bits per heavy atom. The van der Waals surface area contributed by atoms with Gasteiger partial charge in [-0.1, -0.05) is 0 Å². The first-order chi connectivity index (χ1) is 16.9. The maximum atomic E-state index is 15.0. The van der Waals surface area contributed by atoms with Gasteiger partial charge in [0, 0.05) is 45.2 Å². The molecule has 0 bridgehead atoms. The lowest BCUT2D eigenvalue weighted by Gasteiger charge is -2.25. The van der Waals surface area contributed by atoms with Gasteiger partial charge >= 0.3 is 12.1 Å². The molecule has 2 heterocycles. The number of hydrogen-bond donors (Lipinski definition) is 3. The van der Waals surface area contributed by atoms with E-state index in [2.05, 4.69) is 15.5 Å². The number of esters is 1. The molecule has 2 atom stereocenters. The predicted molar refractivity (Wildman–Crippen MR) is 117 cm³/mol. The number of carbonyl (C=O) groups is 3. The van der Waals surface area contributed by atoms with E-state index < -0.39 is 54.5 Å². The normalized spacial score (nSPS) is 20.3. The lowest BCUT2D eigenvalue weighted by molar-refractivity contribution is -0.151. The molecule has 3 N–H and O–H groups in total. The van der Waals surface area contributed by atoms with Crippen molar-refractivity contribution >= 4 is 29.3 Å². The quantitative estimate of drug-likeness (QED) is 0.256. The molecule has 0 radical (unpaired) electrons. The minimum Gasteiger partial charge on any atom is -0.456 e. The second-order valence-electron chi connectivity index (χ2n) is 8.42.